The van der Waals surface area contributed by atoms with Gasteiger partial charge >= 0.3 is 5.97 Å². The number of carbonyl (C=O) groups excluding carboxylic acids is 3. The average molecular weight is 578 g/mol. The summed E-state index contributed by atoms with van der Waals surface area (Å²) >= 11 is 1.45. The van der Waals surface area contributed by atoms with Crippen molar-refractivity contribution in [2.24, 2.45) is 11.0 Å². The van der Waals surface area contributed by atoms with Crippen LogP contribution in [-0.2, 0) is 22.4 Å². The lowest BCUT2D eigenvalue weighted by Crippen LogP contribution is -2.33. The van der Waals surface area contributed by atoms with Gasteiger partial charge in [0.15, 0.2) is 6.10 Å². The van der Waals surface area contributed by atoms with E-state index in [4.69, 9.17) is 14.2 Å². The number of nitrogens with one attached hydrogen (secondary N) is 2. The predicted octanol–water partition coefficient (Wildman–Crippen LogP) is 5.62. The Labute approximate surface area is 243 Å². The van der Waals surface area contributed by atoms with Gasteiger partial charge in [0.1, 0.15) is 16.5 Å². The Bertz CT molecular complexity index is 1400. The highest BCUT2D eigenvalue weighted by atomic mass is 32.1. The number of hydrogen-bond acceptors (Lipinski definition) is 8. The average Bonchev–Trinajstić information content (AvgIpc) is 3.31. The highest BCUT2D eigenvalue weighted by Gasteiger charge is 2.29. The molecule has 9 nitrogen and oxygen atoms in total. The van der Waals surface area contributed by atoms with Gasteiger partial charge < -0.3 is 19.5 Å². The van der Waals surface area contributed by atoms with E-state index in [0.29, 0.717) is 34.4 Å². The Morgan fingerprint density at radius 1 is 1.05 bits per heavy atom. The largest absolute Gasteiger partial charge is 0.494 e. The van der Waals surface area contributed by atoms with Crippen LogP contribution in [0.2, 0.25) is 0 Å². The summed E-state index contributed by atoms with van der Waals surface area (Å²) in [6.45, 7) is 8.34. The molecule has 1 aromatic heterocycles. The molecule has 1 aliphatic rings. The van der Waals surface area contributed by atoms with E-state index in [1.165, 1.54) is 17.6 Å². The van der Waals surface area contributed by atoms with Crippen molar-refractivity contribution < 1.29 is 28.6 Å². The predicted molar refractivity (Wildman–Crippen MR) is 159 cm³/mol. The van der Waals surface area contributed by atoms with Gasteiger partial charge in [0, 0.05) is 10.4 Å². The lowest BCUT2D eigenvalue weighted by molar-refractivity contribution is -0.127. The fourth-order valence-corrected chi connectivity index (χ4v) is 5.85. The first-order valence-electron chi connectivity index (χ1n) is 13.7. The maximum atomic E-state index is 13.1. The highest BCUT2D eigenvalue weighted by molar-refractivity contribution is 7.17. The van der Waals surface area contributed by atoms with Crippen molar-refractivity contribution >= 4 is 40.3 Å². The molecule has 2 amide bonds. The van der Waals surface area contributed by atoms with Crippen molar-refractivity contribution in [3.8, 4) is 11.5 Å². The number of hydrazone groups is 1. The highest BCUT2D eigenvalue weighted by Crippen LogP contribution is 2.40. The summed E-state index contributed by atoms with van der Waals surface area (Å²) in [6, 6.07) is 13.8. The molecule has 3 aromatic rings. The number of benzene rings is 2. The molecule has 10 heteroatoms. The van der Waals surface area contributed by atoms with Gasteiger partial charge in [0.25, 0.3) is 11.8 Å². The Balaban J connectivity index is 1.34. The first-order chi connectivity index (χ1) is 19.8. The number of rotatable bonds is 11. The molecule has 0 aliphatic heterocycles. The molecule has 0 bridgehead atoms. The van der Waals surface area contributed by atoms with E-state index in [2.05, 4.69) is 22.8 Å². The van der Waals surface area contributed by atoms with E-state index in [-0.39, 0.29) is 12.5 Å². The molecular weight excluding hydrogens is 542 g/mol. The summed E-state index contributed by atoms with van der Waals surface area (Å²) < 4.78 is 16.4. The van der Waals surface area contributed by atoms with Gasteiger partial charge in [-0.1, -0.05) is 6.92 Å². The number of anilines is 1. The zero-order valence-electron chi connectivity index (χ0n) is 23.7. The van der Waals surface area contributed by atoms with Crippen LogP contribution in [0.5, 0.6) is 11.5 Å². The summed E-state index contributed by atoms with van der Waals surface area (Å²) in [5.41, 5.74) is 5.13. The van der Waals surface area contributed by atoms with Crippen molar-refractivity contribution in [2.75, 3.05) is 18.5 Å². The second-order valence-corrected chi connectivity index (χ2v) is 10.9. The zero-order valence-corrected chi connectivity index (χ0v) is 24.5. The van der Waals surface area contributed by atoms with E-state index in [1.54, 1.807) is 38.1 Å². The van der Waals surface area contributed by atoms with Crippen LogP contribution in [0.25, 0.3) is 0 Å². The molecule has 2 atom stereocenters. The third-order valence-corrected chi connectivity index (χ3v) is 7.77. The van der Waals surface area contributed by atoms with Gasteiger partial charge in [0.2, 0.25) is 0 Å². The maximum Gasteiger partial charge on any atom is 0.341 e. The molecule has 0 spiro atoms. The van der Waals surface area contributed by atoms with Gasteiger partial charge in [-0.25, -0.2) is 10.2 Å². The number of ether oxygens (including phenoxy) is 3. The van der Waals surface area contributed by atoms with E-state index in [0.717, 1.165) is 41.0 Å². The number of nitrogens with zero attached hydrogens (tertiary/aromatic N) is 1. The minimum atomic E-state index is -0.820. The molecular formula is C31H35N3O6S. The van der Waals surface area contributed by atoms with E-state index < -0.39 is 18.0 Å². The van der Waals surface area contributed by atoms with E-state index in [1.807, 2.05) is 31.2 Å². The van der Waals surface area contributed by atoms with Crippen molar-refractivity contribution in [2.45, 2.75) is 53.1 Å². The lowest BCUT2D eigenvalue weighted by atomic mass is 9.88. The molecule has 0 saturated carbocycles. The normalized spacial score (nSPS) is 15.1. The van der Waals surface area contributed by atoms with Gasteiger partial charge in [-0.3, -0.25) is 9.59 Å². The number of carbonyl (C=O) groups is 3. The van der Waals surface area contributed by atoms with Crippen LogP contribution in [-0.4, -0.2) is 43.3 Å². The zero-order chi connectivity index (χ0) is 29.4. The van der Waals surface area contributed by atoms with Crippen molar-refractivity contribution in [3.05, 3.63) is 75.7 Å². The number of hydrogen-bond donors (Lipinski definition) is 2. The molecule has 2 N–H and O–H groups in total. The molecule has 1 heterocycles. The Kier molecular flexibility index (Phi) is 10.1. The van der Waals surface area contributed by atoms with Crippen LogP contribution in [0, 0.1) is 5.92 Å². The molecule has 0 saturated heterocycles. The maximum absolute atomic E-state index is 13.1. The topological polar surface area (TPSA) is 115 Å². The molecule has 2 aromatic carbocycles. The van der Waals surface area contributed by atoms with Crippen LogP contribution >= 0.6 is 11.3 Å². The Hall–Kier alpha value is -4.18. The third kappa shape index (κ3) is 7.73. The smallest absolute Gasteiger partial charge is 0.341 e. The number of fused-ring (bicyclic) bond motifs is 1. The molecule has 41 heavy (non-hydrogen) atoms. The second kappa shape index (κ2) is 13.9. The van der Waals surface area contributed by atoms with Crippen LogP contribution in [0.1, 0.15) is 70.8 Å². The minimum Gasteiger partial charge on any atom is -0.494 e. The fraction of sp³-hybridized carbons (Fsp3) is 0.355. The van der Waals surface area contributed by atoms with Crippen molar-refractivity contribution in [1.29, 1.82) is 0 Å². The lowest BCUT2D eigenvalue weighted by Gasteiger charge is -2.18. The first-order valence-corrected chi connectivity index (χ1v) is 14.6. The monoisotopic (exact) mass is 577 g/mol. The molecule has 4 rings (SSSR count). The van der Waals surface area contributed by atoms with Crippen LogP contribution in [0.15, 0.2) is 53.6 Å². The number of esters is 1. The summed E-state index contributed by atoms with van der Waals surface area (Å²) in [6.07, 6.45) is 3.38. The van der Waals surface area contributed by atoms with Crippen LogP contribution in [0.4, 0.5) is 5.00 Å². The molecule has 2 unspecified atom stereocenters. The second-order valence-electron chi connectivity index (χ2n) is 9.75. The summed E-state index contributed by atoms with van der Waals surface area (Å²) in [4.78, 5) is 39.4. The van der Waals surface area contributed by atoms with Gasteiger partial charge in [-0.15, -0.1) is 11.3 Å². The molecule has 0 fully saturated rings. The standard InChI is InChI=1S/C31H35N3O6S/c1-5-38-23-12-8-21(9-13-23)18-32-34-28(35)20(4)40-24-14-10-22(11-15-24)29(36)33-30-27(31(37)39-6-2)25-16-7-19(3)17-26(25)41-30/h8-15,18-20H,5-7,16-17H2,1-4H3,(H,33,36)(H,34,35)/b32-18+. The number of amides is 2. The van der Waals surface area contributed by atoms with Crippen LogP contribution < -0.4 is 20.2 Å². The third-order valence-electron chi connectivity index (χ3n) is 6.60. The number of thiophene rings is 1. The minimum absolute atomic E-state index is 0.264. The molecule has 1 aliphatic carbocycles. The Morgan fingerprint density at radius 2 is 1.76 bits per heavy atom. The SMILES string of the molecule is CCOC(=O)c1c(NC(=O)c2ccc(OC(C)C(=O)N/N=C/c3ccc(OCC)cc3)cc2)sc2c1CCC(C)C2. The first kappa shape index (κ1) is 29.8. The fourth-order valence-electron chi connectivity index (χ4n) is 4.45. The molecule has 216 valence electrons. The summed E-state index contributed by atoms with van der Waals surface area (Å²) in [7, 11) is 0. The van der Waals surface area contributed by atoms with E-state index in [9.17, 15) is 14.4 Å². The summed E-state index contributed by atoms with van der Waals surface area (Å²) in [5.74, 6) is 0.546. The molecule has 0 radical (unpaired) electrons. The Morgan fingerprint density at radius 3 is 2.44 bits per heavy atom. The van der Waals surface area contributed by atoms with Crippen molar-refractivity contribution in [1.82, 2.24) is 5.43 Å². The quantitative estimate of drug-likeness (QED) is 0.174. The van der Waals surface area contributed by atoms with Gasteiger partial charge in [-0.05, 0) is 106 Å². The van der Waals surface area contributed by atoms with Gasteiger partial charge in [-0.2, -0.15) is 5.10 Å². The van der Waals surface area contributed by atoms with Crippen LogP contribution in [0.3, 0.4) is 0 Å². The summed E-state index contributed by atoms with van der Waals surface area (Å²) in [5, 5.41) is 7.42. The van der Waals surface area contributed by atoms with E-state index >= 15 is 0 Å². The van der Waals surface area contributed by atoms with Crippen molar-refractivity contribution in [3.63, 3.8) is 0 Å². The van der Waals surface area contributed by atoms with Gasteiger partial charge in [0.05, 0.1) is 25.0 Å².